The molecular weight excluding hydrogens is 310 g/mol. The minimum atomic E-state index is 0.162. The Morgan fingerprint density at radius 2 is 1.96 bits per heavy atom. The molecule has 4 heteroatoms. The Hall–Kier alpha value is -2.62. The van der Waals surface area contributed by atoms with Gasteiger partial charge in [0.1, 0.15) is 5.82 Å². The molecule has 1 aliphatic heterocycles. The highest BCUT2D eigenvalue weighted by Crippen LogP contribution is 2.30. The van der Waals surface area contributed by atoms with Gasteiger partial charge in [0.15, 0.2) is 0 Å². The van der Waals surface area contributed by atoms with E-state index >= 15 is 0 Å². The minimum absolute atomic E-state index is 0.162. The van der Waals surface area contributed by atoms with Gasteiger partial charge in [0.2, 0.25) is 5.91 Å². The van der Waals surface area contributed by atoms with Gasteiger partial charge in [-0.05, 0) is 37.1 Å². The molecule has 1 amide bonds. The fourth-order valence-electron chi connectivity index (χ4n) is 3.75. The van der Waals surface area contributed by atoms with Crippen LogP contribution in [0.5, 0.6) is 0 Å². The second-order valence-electron chi connectivity index (χ2n) is 7.15. The Kier molecular flexibility index (Phi) is 3.83. The van der Waals surface area contributed by atoms with Crippen LogP contribution in [0.15, 0.2) is 42.5 Å². The molecule has 1 aliphatic rings. The average Bonchev–Trinajstić information content (AvgIpc) is 3.12. The SMILES string of the molecule is Cc1ccc(C)c(Cn2c([C@H]3CC(=O)N(C)C3)nc3ccccc32)c1. The van der Waals surface area contributed by atoms with Crippen LogP contribution in [0.25, 0.3) is 11.0 Å². The molecule has 0 unspecified atom stereocenters. The van der Waals surface area contributed by atoms with Crippen LogP contribution in [0, 0.1) is 13.8 Å². The molecule has 3 aromatic rings. The highest BCUT2D eigenvalue weighted by molar-refractivity contribution is 5.80. The third-order valence-corrected chi connectivity index (χ3v) is 5.22. The molecule has 0 N–H and O–H groups in total. The molecule has 0 saturated carbocycles. The molecule has 1 saturated heterocycles. The number of amides is 1. The molecule has 1 atom stereocenters. The van der Waals surface area contributed by atoms with Crippen molar-refractivity contribution in [1.82, 2.24) is 14.5 Å². The van der Waals surface area contributed by atoms with E-state index in [0.717, 1.165) is 29.9 Å². The predicted molar refractivity (Wildman–Crippen MR) is 99.7 cm³/mol. The zero-order chi connectivity index (χ0) is 17.6. The highest BCUT2D eigenvalue weighted by atomic mass is 16.2. The zero-order valence-corrected chi connectivity index (χ0v) is 15.0. The average molecular weight is 333 g/mol. The number of para-hydroxylation sites is 2. The van der Waals surface area contributed by atoms with Crippen molar-refractivity contribution in [2.24, 2.45) is 0 Å². The third-order valence-electron chi connectivity index (χ3n) is 5.22. The fraction of sp³-hybridized carbons (Fsp3) is 0.333. The van der Waals surface area contributed by atoms with Crippen LogP contribution in [0.1, 0.15) is 34.9 Å². The van der Waals surface area contributed by atoms with Crippen molar-refractivity contribution in [3.8, 4) is 0 Å². The largest absolute Gasteiger partial charge is 0.345 e. The molecule has 25 heavy (non-hydrogen) atoms. The van der Waals surface area contributed by atoms with Gasteiger partial charge < -0.3 is 9.47 Å². The molecule has 2 aromatic carbocycles. The number of hydrogen-bond donors (Lipinski definition) is 0. The summed E-state index contributed by atoms with van der Waals surface area (Å²) in [5, 5.41) is 0. The van der Waals surface area contributed by atoms with E-state index in [4.69, 9.17) is 4.98 Å². The Morgan fingerprint density at radius 3 is 2.72 bits per heavy atom. The number of aryl methyl sites for hydroxylation is 2. The standard InChI is InChI=1S/C21H23N3O/c1-14-8-9-15(2)16(10-14)13-24-19-7-5-4-6-18(19)22-21(24)17-11-20(25)23(3)12-17/h4-10,17H,11-13H2,1-3H3/t17-/m0/s1. The molecule has 4 nitrogen and oxygen atoms in total. The topological polar surface area (TPSA) is 38.1 Å². The zero-order valence-electron chi connectivity index (χ0n) is 15.0. The summed E-state index contributed by atoms with van der Waals surface area (Å²) in [6, 6.07) is 14.8. The van der Waals surface area contributed by atoms with E-state index in [9.17, 15) is 4.79 Å². The maximum absolute atomic E-state index is 12.0. The molecule has 0 spiro atoms. The second-order valence-corrected chi connectivity index (χ2v) is 7.15. The number of benzene rings is 2. The van der Waals surface area contributed by atoms with E-state index in [1.54, 1.807) is 0 Å². The summed E-state index contributed by atoms with van der Waals surface area (Å²) in [5.74, 6) is 1.39. The molecule has 128 valence electrons. The Morgan fingerprint density at radius 1 is 1.16 bits per heavy atom. The van der Waals surface area contributed by atoms with Crippen molar-refractivity contribution in [2.75, 3.05) is 13.6 Å². The van der Waals surface area contributed by atoms with Crippen LogP contribution in [0.4, 0.5) is 0 Å². The van der Waals surface area contributed by atoms with E-state index in [1.807, 2.05) is 18.0 Å². The van der Waals surface area contributed by atoms with Crippen LogP contribution in [-0.2, 0) is 11.3 Å². The Labute approximate surface area is 148 Å². The Balaban J connectivity index is 1.82. The number of nitrogens with zero attached hydrogens (tertiary/aromatic N) is 3. The first-order valence-corrected chi connectivity index (χ1v) is 8.78. The van der Waals surface area contributed by atoms with Gasteiger partial charge in [-0.1, -0.05) is 35.9 Å². The quantitative estimate of drug-likeness (QED) is 0.734. The Bertz CT molecular complexity index is 957. The van der Waals surface area contributed by atoms with Crippen LogP contribution in [-0.4, -0.2) is 34.0 Å². The number of imidazole rings is 1. The lowest BCUT2D eigenvalue weighted by atomic mass is 10.0. The highest BCUT2D eigenvalue weighted by Gasteiger charge is 2.32. The van der Waals surface area contributed by atoms with E-state index in [-0.39, 0.29) is 11.8 Å². The lowest BCUT2D eigenvalue weighted by Crippen LogP contribution is -2.19. The second kappa shape index (κ2) is 6.03. The lowest BCUT2D eigenvalue weighted by molar-refractivity contribution is -0.126. The van der Waals surface area contributed by atoms with E-state index in [0.29, 0.717) is 6.42 Å². The van der Waals surface area contributed by atoms with Crippen molar-refractivity contribution in [3.63, 3.8) is 0 Å². The summed E-state index contributed by atoms with van der Waals surface area (Å²) < 4.78 is 2.30. The van der Waals surface area contributed by atoms with E-state index in [2.05, 4.69) is 54.8 Å². The first-order chi connectivity index (χ1) is 12.0. The number of carbonyl (C=O) groups is 1. The first kappa shape index (κ1) is 15.9. The van der Waals surface area contributed by atoms with Gasteiger partial charge >= 0.3 is 0 Å². The first-order valence-electron chi connectivity index (χ1n) is 8.78. The number of carbonyl (C=O) groups excluding carboxylic acids is 1. The maximum atomic E-state index is 12.0. The number of aromatic nitrogens is 2. The number of likely N-dealkylation sites (N-methyl/N-ethyl adjacent to an activating group) is 1. The van der Waals surface area contributed by atoms with Gasteiger partial charge in [-0.15, -0.1) is 0 Å². The van der Waals surface area contributed by atoms with Crippen molar-refractivity contribution in [3.05, 3.63) is 65.0 Å². The van der Waals surface area contributed by atoms with Gasteiger partial charge in [0, 0.05) is 32.5 Å². The molecule has 1 fully saturated rings. The van der Waals surface area contributed by atoms with Crippen LogP contribution in [0.3, 0.4) is 0 Å². The summed E-state index contributed by atoms with van der Waals surface area (Å²) in [6.07, 6.45) is 0.548. The minimum Gasteiger partial charge on any atom is -0.345 e. The van der Waals surface area contributed by atoms with Crippen LogP contribution >= 0.6 is 0 Å². The van der Waals surface area contributed by atoms with Crippen molar-refractivity contribution < 1.29 is 4.79 Å². The number of rotatable bonds is 3. The number of likely N-dealkylation sites (tertiary alicyclic amines) is 1. The molecule has 0 radical (unpaired) electrons. The molecule has 4 rings (SSSR count). The summed E-state index contributed by atoms with van der Waals surface area (Å²) in [5.41, 5.74) is 6.00. The smallest absolute Gasteiger partial charge is 0.223 e. The van der Waals surface area contributed by atoms with E-state index < -0.39 is 0 Å². The van der Waals surface area contributed by atoms with Gasteiger partial charge in [0.05, 0.1) is 11.0 Å². The van der Waals surface area contributed by atoms with Gasteiger partial charge in [-0.25, -0.2) is 4.98 Å². The van der Waals surface area contributed by atoms with Gasteiger partial charge in [-0.2, -0.15) is 0 Å². The summed E-state index contributed by atoms with van der Waals surface area (Å²) in [4.78, 5) is 18.7. The molecule has 0 aliphatic carbocycles. The normalized spacial score (nSPS) is 17.6. The molecule has 1 aromatic heterocycles. The van der Waals surface area contributed by atoms with Gasteiger partial charge in [0.25, 0.3) is 0 Å². The van der Waals surface area contributed by atoms with Crippen molar-refractivity contribution in [1.29, 1.82) is 0 Å². The molecule has 0 bridgehead atoms. The van der Waals surface area contributed by atoms with Crippen molar-refractivity contribution >= 4 is 16.9 Å². The van der Waals surface area contributed by atoms with E-state index in [1.165, 1.54) is 16.7 Å². The maximum Gasteiger partial charge on any atom is 0.223 e. The monoisotopic (exact) mass is 333 g/mol. The van der Waals surface area contributed by atoms with Crippen molar-refractivity contribution in [2.45, 2.75) is 32.7 Å². The lowest BCUT2D eigenvalue weighted by Gasteiger charge is -2.15. The van der Waals surface area contributed by atoms with Crippen LogP contribution < -0.4 is 0 Å². The predicted octanol–water partition coefficient (Wildman–Crippen LogP) is 3.65. The number of hydrogen-bond acceptors (Lipinski definition) is 2. The third kappa shape index (κ3) is 2.82. The van der Waals surface area contributed by atoms with Gasteiger partial charge in [-0.3, -0.25) is 4.79 Å². The fourth-order valence-corrected chi connectivity index (χ4v) is 3.75. The van der Waals surface area contributed by atoms with Crippen LogP contribution in [0.2, 0.25) is 0 Å². The number of fused-ring (bicyclic) bond motifs is 1. The molecular formula is C21H23N3O. The summed E-state index contributed by atoms with van der Waals surface area (Å²) in [7, 11) is 1.88. The molecule has 2 heterocycles. The summed E-state index contributed by atoms with van der Waals surface area (Å²) >= 11 is 0. The summed E-state index contributed by atoms with van der Waals surface area (Å²) in [6.45, 7) is 5.81.